The summed E-state index contributed by atoms with van der Waals surface area (Å²) in [7, 11) is 1.31. The van der Waals surface area contributed by atoms with Crippen LogP contribution in [-0.4, -0.2) is 33.6 Å². The maximum Gasteiger partial charge on any atom is 0.339 e. The summed E-state index contributed by atoms with van der Waals surface area (Å²) in [5, 5.41) is 7.25. The number of fused-ring (bicyclic) bond motifs is 1. The first kappa shape index (κ1) is 18.6. The number of anilines is 1. The molecule has 7 heteroatoms. The predicted molar refractivity (Wildman–Crippen MR) is 102 cm³/mol. The number of amides is 1. The fourth-order valence-corrected chi connectivity index (χ4v) is 3.13. The second-order valence-electron chi connectivity index (χ2n) is 6.40. The summed E-state index contributed by atoms with van der Waals surface area (Å²) in [6, 6.07) is 8.71. The monoisotopic (exact) mass is 366 g/mol. The summed E-state index contributed by atoms with van der Waals surface area (Å²) in [6.07, 6.45) is 0.802. The van der Waals surface area contributed by atoms with Crippen LogP contribution >= 0.6 is 0 Å². The van der Waals surface area contributed by atoms with E-state index >= 15 is 0 Å². The van der Waals surface area contributed by atoms with Gasteiger partial charge in [-0.2, -0.15) is 5.10 Å². The summed E-state index contributed by atoms with van der Waals surface area (Å²) in [6.45, 7) is 5.85. The van der Waals surface area contributed by atoms with Gasteiger partial charge < -0.3 is 10.1 Å². The van der Waals surface area contributed by atoms with Crippen LogP contribution in [0.15, 0.2) is 30.3 Å². The number of carbonyl (C=O) groups is 2. The van der Waals surface area contributed by atoms with Crippen LogP contribution in [0.1, 0.15) is 39.4 Å². The lowest BCUT2D eigenvalue weighted by Crippen LogP contribution is -2.16. The summed E-state index contributed by atoms with van der Waals surface area (Å²) in [5.41, 5.74) is 5.36. The summed E-state index contributed by atoms with van der Waals surface area (Å²) in [5.74, 6) is -0.664. The number of rotatable bonds is 5. The molecule has 7 nitrogen and oxygen atoms in total. The van der Waals surface area contributed by atoms with Crippen LogP contribution in [0.4, 0.5) is 5.69 Å². The molecule has 0 bridgehead atoms. The number of hydrogen-bond donors (Lipinski definition) is 1. The number of benzene rings is 1. The lowest BCUT2D eigenvalue weighted by molar-refractivity contribution is -0.116. The minimum atomic E-state index is -0.485. The van der Waals surface area contributed by atoms with Gasteiger partial charge in [-0.1, -0.05) is 12.1 Å². The molecular formula is C20H22N4O3. The van der Waals surface area contributed by atoms with Crippen molar-refractivity contribution in [3.05, 3.63) is 58.5 Å². The zero-order valence-electron chi connectivity index (χ0n) is 15.9. The highest BCUT2D eigenvalue weighted by Gasteiger charge is 2.15. The van der Waals surface area contributed by atoms with Gasteiger partial charge >= 0.3 is 5.97 Å². The molecule has 1 N–H and O–H groups in total. The Bertz CT molecular complexity index is 1020. The Morgan fingerprint density at radius 2 is 1.93 bits per heavy atom. The molecule has 27 heavy (non-hydrogen) atoms. The van der Waals surface area contributed by atoms with Crippen LogP contribution in [0, 0.1) is 20.8 Å². The molecule has 0 spiro atoms. The van der Waals surface area contributed by atoms with Crippen LogP contribution in [-0.2, 0) is 16.0 Å². The first-order chi connectivity index (χ1) is 12.9. The molecule has 0 aliphatic rings. The minimum absolute atomic E-state index is 0.179. The maximum absolute atomic E-state index is 12.4. The van der Waals surface area contributed by atoms with Crippen molar-refractivity contribution < 1.29 is 14.3 Å². The smallest absolute Gasteiger partial charge is 0.339 e. The van der Waals surface area contributed by atoms with Gasteiger partial charge in [-0.15, -0.1) is 0 Å². The number of hydrogen-bond acceptors (Lipinski definition) is 5. The van der Waals surface area contributed by atoms with Crippen LogP contribution in [0.3, 0.4) is 0 Å². The van der Waals surface area contributed by atoms with E-state index in [1.54, 1.807) is 24.3 Å². The van der Waals surface area contributed by atoms with E-state index in [1.165, 1.54) is 7.11 Å². The van der Waals surface area contributed by atoms with E-state index in [0.717, 1.165) is 28.3 Å². The number of nitrogens with zero attached hydrogens (tertiary/aromatic N) is 3. The average molecular weight is 366 g/mol. The maximum atomic E-state index is 12.4. The van der Waals surface area contributed by atoms with Gasteiger partial charge in [-0.3, -0.25) is 4.79 Å². The highest BCUT2D eigenvalue weighted by molar-refractivity contribution is 6.01. The van der Waals surface area contributed by atoms with Crippen molar-refractivity contribution >= 4 is 23.2 Å². The van der Waals surface area contributed by atoms with Gasteiger partial charge in [0.25, 0.3) is 0 Å². The number of aromatic nitrogens is 3. The highest BCUT2D eigenvalue weighted by Crippen LogP contribution is 2.19. The molecule has 1 aromatic carbocycles. The SMILES string of the molecule is COC(=O)c1ccccc1NC(=O)CCc1c(C)nc2cc(C)nn2c1C. The van der Waals surface area contributed by atoms with Crippen LogP contribution in [0.5, 0.6) is 0 Å². The molecule has 0 unspecified atom stereocenters. The Morgan fingerprint density at radius 3 is 2.67 bits per heavy atom. The lowest BCUT2D eigenvalue weighted by atomic mass is 10.1. The number of nitrogens with one attached hydrogen (secondary N) is 1. The number of esters is 1. The molecule has 0 saturated heterocycles. The van der Waals surface area contributed by atoms with Gasteiger partial charge in [0.15, 0.2) is 5.65 Å². The van der Waals surface area contributed by atoms with Crippen LogP contribution in [0.25, 0.3) is 5.65 Å². The number of para-hydroxylation sites is 1. The fourth-order valence-electron chi connectivity index (χ4n) is 3.13. The predicted octanol–water partition coefficient (Wildman–Crippen LogP) is 3.01. The first-order valence-electron chi connectivity index (χ1n) is 8.70. The third-order valence-corrected chi connectivity index (χ3v) is 4.49. The Balaban J connectivity index is 1.75. The summed E-state index contributed by atoms with van der Waals surface area (Å²) < 4.78 is 6.56. The first-order valence-corrected chi connectivity index (χ1v) is 8.70. The molecule has 3 aromatic rings. The van der Waals surface area contributed by atoms with Crippen molar-refractivity contribution in [1.82, 2.24) is 14.6 Å². The zero-order valence-corrected chi connectivity index (χ0v) is 15.9. The largest absolute Gasteiger partial charge is 0.465 e. The standard InChI is InChI=1S/C20H22N4O3/c1-12-11-18-21-13(2)15(14(3)24(18)23-12)9-10-19(25)22-17-8-6-5-7-16(17)20(26)27-4/h5-8,11H,9-10H2,1-4H3,(H,22,25). The van der Waals surface area contributed by atoms with Crippen molar-refractivity contribution in [3.8, 4) is 0 Å². The third kappa shape index (κ3) is 3.81. The average Bonchev–Trinajstić information content (AvgIpc) is 3.01. The van der Waals surface area contributed by atoms with E-state index in [9.17, 15) is 9.59 Å². The van der Waals surface area contributed by atoms with Crippen molar-refractivity contribution in [2.75, 3.05) is 12.4 Å². The van der Waals surface area contributed by atoms with Gasteiger partial charge in [0.1, 0.15) is 0 Å². The molecular weight excluding hydrogens is 344 g/mol. The third-order valence-electron chi connectivity index (χ3n) is 4.49. The van der Waals surface area contributed by atoms with E-state index in [2.05, 4.69) is 15.4 Å². The van der Waals surface area contributed by atoms with Crippen molar-refractivity contribution in [1.29, 1.82) is 0 Å². The fraction of sp³-hybridized carbons (Fsp3) is 0.300. The van der Waals surface area contributed by atoms with E-state index in [-0.39, 0.29) is 12.3 Å². The summed E-state index contributed by atoms with van der Waals surface area (Å²) in [4.78, 5) is 28.8. The van der Waals surface area contributed by atoms with E-state index < -0.39 is 5.97 Å². The molecule has 2 aromatic heterocycles. The number of aryl methyl sites for hydroxylation is 3. The lowest BCUT2D eigenvalue weighted by Gasteiger charge is -2.12. The highest BCUT2D eigenvalue weighted by atomic mass is 16.5. The minimum Gasteiger partial charge on any atom is -0.465 e. The van der Waals surface area contributed by atoms with Gasteiger partial charge in [0.2, 0.25) is 5.91 Å². The second-order valence-corrected chi connectivity index (χ2v) is 6.40. The normalized spacial score (nSPS) is 10.8. The quantitative estimate of drug-likeness (QED) is 0.702. The number of methoxy groups -OCH3 is 1. The Labute approximate surface area is 157 Å². The molecule has 0 aliphatic carbocycles. The molecule has 0 radical (unpaired) electrons. The molecule has 0 fully saturated rings. The van der Waals surface area contributed by atoms with E-state index in [0.29, 0.717) is 17.7 Å². The topological polar surface area (TPSA) is 85.6 Å². The van der Waals surface area contributed by atoms with E-state index in [4.69, 9.17) is 4.74 Å². The molecule has 1 amide bonds. The van der Waals surface area contributed by atoms with E-state index in [1.807, 2.05) is 31.4 Å². The molecule has 0 atom stereocenters. The van der Waals surface area contributed by atoms with Gasteiger partial charge in [0, 0.05) is 23.9 Å². The van der Waals surface area contributed by atoms with Gasteiger partial charge in [0.05, 0.1) is 24.1 Å². The molecule has 0 aliphatic heterocycles. The Hall–Kier alpha value is -3.22. The van der Waals surface area contributed by atoms with Gasteiger partial charge in [-0.25, -0.2) is 14.3 Å². The second kappa shape index (κ2) is 7.57. The van der Waals surface area contributed by atoms with Gasteiger partial charge in [-0.05, 0) is 44.9 Å². The Kier molecular flexibility index (Phi) is 5.21. The number of ether oxygens (including phenoxy) is 1. The van der Waals surface area contributed by atoms with Crippen LogP contribution in [0.2, 0.25) is 0 Å². The van der Waals surface area contributed by atoms with Crippen molar-refractivity contribution in [3.63, 3.8) is 0 Å². The molecule has 0 saturated carbocycles. The molecule has 2 heterocycles. The molecule has 3 rings (SSSR count). The number of carbonyl (C=O) groups excluding carboxylic acids is 2. The molecule has 140 valence electrons. The summed E-state index contributed by atoms with van der Waals surface area (Å²) >= 11 is 0. The zero-order chi connectivity index (χ0) is 19.6. The Morgan fingerprint density at radius 1 is 1.19 bits per heavy atom. The van der Waals surface area contributed by atoms with Crippen molar-refractivity contribution in [2.24, 2.45) is 0 Å². The van der Waals surface area contributed by atoms with Crippen LogP contribution < -0.4 is 5.32 Å². The van der Waals surface area contributed by atoms with Crippen molar-refractivity contribution in [2.45, 2.75) is 33.6 Å².